The summed E-state index contributed by atoms with van der Waals surface area (Å²) in [6.07, 6.45) is 8.12. The van der Waals surface area contributed by atoms with E-state index >= 15 is 0 Å². The van der Waals surface area contributed by atoms with E-state index in [0.29, 0.717) is 23.3 Å². The molecule has 8 nitrogen and oxygen atoms in total. The highest BCUT2D eigenvalue weighted by Gasteiger charge is 2.50. The minimum Gasteiger partial charge on any atom is -0.342 e. The molecule has 0 spiro atoms. The van der Waals surface area contributed by atoms with Crippen molar-refractivity contribution in [1.82, 2.24) is 25.1 Å². The molecular formula is C22H25N6O2+. The maximum absolute atomic E-state index is 13.4. The highest BCUT2D eigenvalue weighted by molar-refractivity contribution is 5.94. The Morgan fingerprint density at radius 2 is 2.20 bits per heavy atom. The van der Waals surface area contributed by atoms with Gasteiger partial charge >= 0.3 is 0 Å². The van der Waals surface area contributed by atoms with Crippen molar-refractivity contribution in [2.45, 2.75) is 45.6 Å². The van der Waals surface area contributed by atoms with E-state index in [2.05, 4.69) is 41.2 Å². The van der Waals surface area contributed by atoms with E-state index in [0.717, 1.165) is 34.2 Å². The lowest BCUT2D eigenvalue weighted by atomic mass is 9.84. The van der Waals surface area contributed by atoms with Crippen LogP contribution in [0.4, 0.5) is 0 Å². The van der Waals surface area contributed by atoms with E-state index in [1.54, 1.807) is 17.1 Å². The second-order valence-corrected chi connectivity index (χ2v) is 9.29. The second-order valence-electron chi connectivity index (χ2n) is 9.29. The zero-order chi connectivity index (χ0) is 21.0. The van der Waals surface area contributed by atoms with Gasteiger partial charge < -0.3 is 10.3 Å². The first-order valence-corrected chi connectivity index (χ1v) is 10.3. The summed E-state index contributed by atoms with van der Waals surface area (Å²) in [7, 11) is 0. The smallest absolute Gasteiger partial charge is 0.272 e. The molecular weight excluding hydrogens is 380 g/mol. The Bertz CT molecular complexity index is 1170. The molecule has 3 aromatic heterocycles. The van der Waals surface area contributed by atoms with Crippen LogP contribution in [0.15, 0.2) is 43.0 Å². The number of aromatic amines is 1. The van der Waals surface area contributed by atoms with Crippen LogP contribution in [0.3, 0.4) is 0 Å². The fraction of sp³-hybridized carbons (Fsp3) is 0.409. The molecule has 0 aliphatic heterocycles. The molecule has 0 unspecified atom stereocenters. The lowest BCUT2D eigenvalue weighted by molar-refractivity contribution is -0.495. The summed E-state index contributed by atoms with van der Waals surface area (Å²) in [5, 5.41) is 7.82. The summed E-state index contributed by atoms with van der Waals surface area (Å²) in [4.78, 5) is 32.7. The van der Waals surface area contributed by atoms with Crippen LogP contribution in [0.5, 0.6) is 0 Å². The zero-order valence-corrected chi connectivity index (χ0v) is 17.3. The normalized spacial score (nSPS) is 20.4. The molecule has 1 amide bonds. The summed E-state index contributed by atoms with van der Waals surface area (Å²) in [6, 6.07) is 5.47. The molecule has 0 saturated heterocycles. The Labute approximate surface area is 174 Å². The molecule has 5 rings (SSSR count). The third kappa shape index (κ3) is 3.12. The Kier molecular flexibility index (Phi) is 4.13. The summed E-state index contributed by atoms with van der Waals surface area (Å²) in [5.41, 5.74) is 3.09. The molecule has 3 aromatic rings. The number of amides is 1. The maximum atomic E-state index is 13.4. The number of rotatable bonds is 4. The van der Waals surface area contributed by atoms with Crippen LogP contribution in [-0.4, -0.2) is 25.7 Å². The van der Waals surface area contributed by atoms with Crippen LogP contribution in [0.25, 0.3) is 5.82 Å². The highest BCUT2D eigenvalue weighted by Crippen LogP contribution is 2.57. The quantitative estimate of drug-likeness (QED) is 0.652. The fourth-order valence-corrected chi connectivity index (χ4v) is 4.47. The largest absolute Gasteiger partial charge is 0.342 e. The van der Waals surface area contributed by atoms with Gasteiger partial charge in [0.25, 0.3) is 12.1 Å². The first kappa shape index (κ1) is 18.7. The van der Waals surface area contributed by atoms with Crippen molar-refractivity contribution in [2.75, 3.05) is 0 Å². The molecule has 2 aliphatic carbocycles. The molecule has 1 fully saturated rings. The molecule has 2 aliphatic rings. The number of aromatic nitrogens is 5. The first-order valence-electron chi connectivity index (χ1n) is 10.3. The summed E-state index contributed by atoms with van der Waals surface area (Å²) in [5.74, 6) is 1.35. The van der Waals surface area contributed by atoms with Crippen molar-refractivity contribution in [3.63, 3.8) is 0 Å². The molecule has 3 heterocycles. The third-order valence-corrected chi connectivity index (χ3v) is 6.03. The Hall–Kier alpha value is -3.29. The first-order chi connectivity index (χ1) is 14.3. The molecule has 0 aromatic carbocycles. The molecule has 3 atom stereocenters. The van der Waals surface area contributed by atoms with Crippen molar-refractivity contribution in [1.29, 1.82) is 0 Å². The van der Waals surface area contributed by atoms with Crippen LogP contribution in [0.2, 0.25) is 0 Å². The van der Waals surface area contributed by atoms with Gasteiger partial charge in [-0.25, -0.2) is 4.68 Å². The third-order valence-electron chi connectivity index (χ3n) is 6.03. The van der Waals surface area contributed by atoms with Crippen LogP contribution in [-0.2, 0) is 6.42 Å². The topological polar surface area (TPSA) is 98.6 Å². The van der Waals surface area contributed by atoms with E-state index in [1.807, 2.05) is 18.2 Å². The average Bonchev–Trinajstić information content (AvgIpc) is 3.21. The molecule has 8 heteroatoms. The Balaban J connectivity index is 1.53. The number of fused-ring (bicyclic) bond motifs is 3. The number of nitrogens with zero attached hydrogens (tertiary/aromatic N) is 4. The van der Waals surface area contributed by atoms with Gasteiger partial charge in [-0.1, -0.05) is 26.8 Å². The number of nitrogens with one attached hydrogen (secondary N) is 2. The maximum Gasteiger partial charge on any atom is 0.272 e. The van der Waals surface area contributed by atoms with E-state index < -0.39 is 0 Å². The highest BCUT2D eigenvalue weighted by atomic mass is 16.3. The average molecular weight is 405 g/mol. The van der Waals surface area contributed by atoms with Crippen molar-refractivity contribution in [3.8, 4) is 5.82 Å². The molecule has 1 saturated carbocycles. The number of carbonyl (C=O) groups excluding carboxylic acids is 1. The predicted octanol–water partition coefficient (Wildman–Crippen LogP) is 2.69. The van der Waals surface area contributed by atoms with Crippen molar-refractivity contribution in [3.05, 3.63) is 70.5 Å². The van der Waals surface area contributed by atoms with Crippen LogP contribution in [0, 0.1) is 16.2 Å². The number of hydrogen-bond acceptors (Lipinski definition) is 4. The van der Waals surface area contributed by atoms with E-state index in [4.69, 9.17) is 0 Å². The van der Waals surface area contributed by atoms with Crippen molar-refractivity contribution >= 4 is 5.91 Å². The van der Waals surface area contributed by atoms with Crippen molar-refractivity contribution < 1.29 is 9.22 Å². The van der Waals surface area contributed by atoms with Gasteiger partial charge in [0.05, 0.1) is 28.1 Å². The van der Waals surface area contributed by atoms with Gasteiger partial charge in [-0.2, -0.15) is 5.10 Å². The van der Waals surface area contributed by atoms with Crippen LogP contribution < -0.4 is 9.74 Å². The lowest BCUT2D eigenvalue weighted by Crippen LogP contribution is -2.37. The Morgan fingerprint density at radius 1 is 1.37 bits per heavy atom. The number of pyridine rings is 1. The summed E-state index contributed by atoms with van der Waals surface area (Å²) < 4.78 is 2.47. The second kappa shape index (κ2) is 6.62. The minimum absolute atomic E-state index is 0.206. The summed E-state index contributed by atoms with van der Waals surface area (Å²) in [6.45, 7) is 6.24. The SMILES string of the molecule is CC(C)(C)[C@H](NC(=O)c1nn(-c2c[n+](=O)cc[nH]2)c2c1C[C@@H]1C[C@H]21)c1ccccn1. The van der Waals surface area contributed by atoms with E-state index in [-0.39, 0.29) is 17.4 Å². The molecule has 2 N–H and O–H groups in total. The predicted molar refractivity (Wildman–Crippen MR) is 110 cm³/mol. The Morgan fingerprint density at radius 3 is 2.90 bits per heavy atom. The molecule has 0 bridgehead atoms. The van der Waals surface area contributed by atoms with Gasteiger partial charge in [0, 0.05) is 22.6 Å². The van der Waals surface area contributed by atoms with Crippen molar-refractivity contribution in [2.24, 2.45) is 11.3 Å². The fourth-order valence-electron chi connectivity index (χ4n) is 4.47. The lowest BCUT2D eigenvalue weighted by Gasteiger charge is -2.30. The van der Waals surface area contributed by atoms with Gasteiger partial charge in [0.1, 0.15) is 0 Å². The van der Waals surface area contributed by atoms with Gasteiger partial charge in [-0.3, -0.25) is 9.78 Å². The monoisotopic (exact) mass is 405 g/mol. The zero-order valence-electron chi connectivity index (χ0n) is 17.3. The number of hydrogen-bond donors (Lipinski definition) is 2. The van der Waals surface area contributed by atoms with Crippen LogP contribution in [0.1, 0.15) is 66.6 Å². The molecule has 154 valence electrons. The van der Waals surface area contributed by atoms with Gasteiger partial charge in [-0.15, -0.1) is 0 Å². The number of carbonyl (C=O) groups is 1. The van der Waals surface area contributed by atoms with Crippen LogP contribution >= 0.6 is 0 Å². The number of H-pyrrole nitrogens is 1. The standard InChI is InChI=1S/C22H24N6O2/c1-22(2,3)20(16-6-4-5-7-23-16)25-21(29)18-15-11-13-10-14(13)19(15)28(26-18)17-12-27(30)9-8-24-17/h4-9,12-14,20H,10-11H2,1-3H3,(H-,24,25,29,30)/p+1/t13-,14-,20+/m0/s1. The van der Waals surface area contributed by atoms with Gasteiger partial charge in [-0.05, 0) is 36.3 Å². The molecule has 30 heavy (non-hydrogen) atoms. The molecule has 0 radical (unpaired) electrons. The van der Waals surface area contributed by atoms with E-state index in [9.17, 15) is 9.70 Å². The minimum atomic E-state index is -0.255. The van der Waals surface area contributed by atoms with Gasteiger partial charge in [0.2, 0.25) is 12.0 Å². The van der Waals surface area contributed by atoms with E-state index in [1.165, 1.54) is 12.4 Å². The summed E-state index contributed by atoms with van der Waals surface area (Å²) >= 11 is 0. The van der Waals surface area contributed by atoms with Gasteiger partial charge in [0.15, 0.2) is 5.69 Å².